The van der Waals surface area contributed by atoms with Crippen molar-refractivity contribution >= 4 is 15.9 Å². The highest BCUT2D eigenvalue weighted by molar-refractivity contribution is 9.10. The highest BCUT2D eigenvalue weighted by Crippen LogP contribution is 2.29. The number of aromatic nitrogens is 4. The zero-order valence-corrected chi connectivity index (χ0v) is 11.8. The van der Waals surface area contributed by atoms with E-state index in [-0.39, 0.29) is 12.1 Å². The van der Waals surface area contributed by atoms with Crippen molar-refractivity contribution in [3.05, 3.63) is 40.4 Å². The maximum Gasteiger partial charge on any atom is 0.0905 e. The van der Waals surface area contributed by atoms with Crippen LogP contribution in [0.4, 0.5) is 0 Å². The summed E-state index contributed by atoms with van der Waals surface area (Å²) in [5.74, 6) is 5.67. The molecule has 0 amide bonds. The molecule has 0 radical (unpaired) electrons. The molecule has 0 aliphatic heterocycles. The fourth-order valence-corrected chi connectivity index (χ4v) is 2.34. The summed E-state index contributed by atoms with van der Waals surface area (Å²) >= 11 is 3.51. The van der Waals surface area contributed by atoms with Crippen molar-refractivity contribution in [1.29, 1.82) is 0 Å². The van der Waals surface area contributed by atoms with Gasteiger partial charge in [0.2, 0.25) is 0 Å². The van der Waals surface area contributed by atoms with Crippen LogP contribution in [0.2, 0.25) is 0 Å². The highest BCUT2D eigenvalue weighted by atomic mass is 79.9. The van der Waals surface area contributed by atoms with Crippen LogP contribution < -0.4 is 11.3 Å². The zero-order chi connectivity index (χ0) is 13.1. The standard InChI is InChI=1S/C11H15BrN6/c1-7(2)18-11(9(12)6-16-18)10(17-13)8-3-4-14-15-5-8/h3-7,10,17H,13H2,1-2H3. The third-order valence-corrected chi connectivity index (χ3v) is 3.27. The van der Waals surface area contributed by atoms with Crippen LogP contribution in [0.15, 0.2) is 29.1 Å². The van der Waals surface area contributed by atoms with Crippen LogP contribution in [0.1, 0.15) is 37.2 Å². The summed E-state index contributed by atoms with van der Waals surface area (Å²) in [5, 5.41) is 12.0. The monoisotopic (exact) mass is 310 g/mol. The Morgan fingerprint density at radius 1 is 1.33 bits per heavy atom. The summed E-state index contributed by atoms with van der Waals surface area (Å²) in [5.41, 5.74) is 4.71. The maximum atomic E-state index is 5.67. The fourth-order valence-electron chi connectivity index (χ4n) is 1.84. The summed E-state index contributed by atoms with van der Waals surface area (Å²) in [6, 6.07) is 1.94. The van der Waals surface area contributed by atoms with Crippen LogP contribution >= 0.6 is 15.9 Å². The largest absolute Gasteiger partial charge is 0.271 e. The fraction of sp³-hybridized carbons (Fsp3) is 0.364. The van der Waals surface area contributed by atoms with E-state index in [0.717, 1.165) is 15.7 Å². The third-order valence-electron chi connectivity index (χ3n) is 2.66. The molecule has 0 aromatic carbocycles. The number of halogens is 1. The first kappa shape index (κ1) is 13.1. The van der Waals surface area contributed by atoms with Crippen molar-refractivity contribution in [1.82, 2.24) is 25.4 Å². The van der Waals surface area contributed by atoms with Crippen LogP contribution in [0.3, 0.4) is 0 Å². The van der Waals surface area contributed by atoms with Crippen molar-refractivity contribution in [2.24, 2.45) is 5.84 Å². The molecule has 0 saturated heterocycles. The molecule has 2 heterocycles. The Kier molecular flexibility index (Phi) is 4.05. The smallest absolute Gasteiger partial charge is 0.0905 e. The van der Waals surface area contributed by atoms with Crippen molar-refractivity contribution < 1.29 is 0 Å². The Bertz CT molecular complexity index is 510. The van der Waals surface area contributed by atoms with Gasteiger partial charge in [-0.05, 0) is 41.4 Å². The third kappa shape index (κ3) is 2.43. The second-order valence-corrected chi connectivity index (χ2v) is 5.05. The Labute approximate surface area is 114 Å². The maximum absolute atomic E-state index is 5.67. The Hall–Kier alpha value is -1.31. The molecular weight excluding hydrogens is 296 g/mol. The van der Waals surface area contributed by atoms with Gasteiger partial charge in [-0.3, -0.25) is 10.5 Å². The van der Waals surface area contributed by atoms with Crippen molar-refractivity contribution in [3.63, 3.8) is 0 Å². The number of hydrogen-bond acceptors (Lipinski definition) is 5. The van der Waals surface area contributed by atoms with Gasteiger partial charge < -0.3 is 0 Å². The predicted octanol–water partition coefficient (Wildman–Crippen LogP) is 1.57. The van der Waals surface area contributed by atoms with Gasteiger partial charge in [-0.2, -0.15) is 15.3 Å². The zero-order valence-electron chi connectivity index (χ0n) is 10.2. The lowest BCUT2D eigenvalue weighted by atomic mass is 10.1. The minimum Gasteiger partial charge on any atom is -0.271 e. The summed E-state index contributed by atoms with van der Waals surface area (Å²) in [4.78, 5) is 0. The topological polar surface area (TPSA) is 81.7 Å². The Balaban J connectivity index is 2.48. The lowest BCUT2D eigenvalue weighted by Gasteiger charge is -2.20. The molecule has 1 atom stereocenters. The molecule has 0 aliphatic carbocycles. The minimum absolute atomic E-state index is 0.181. The number of hydrogen-bond donors (Lipinski definition) is 2. The van der Waals surface area contributed by atoms with Crippen molar-refractivity contribution in [3.8, 4) is 0 Å². The van der Waals surface area contributed by atoms with Crippen LogP contribution in [-0.4, -0.2) is 20.0 Å². The van der Waals surface area contributed by atoms with E-state index in [1.807, 2.05) is 10.7 Å². The lowest BCUT2D eigenvalue weighted by molar-refractivity contribution is 0.474. The van der Waals surface area contributed by atoms with Crippen LogP contribution in [0, 0.1) is 0 Å². The molecular formula is C11H15BrN6. The van der Waals surface area contributed by atoms with Crippen LogP contribution in [0.25, 0.3) is 0 Å². The van der Waals surface area contributed by atoms with Crippen LogP contribution in [0.5, 0.6) is 0 Å². The van der Waals surface area contributed by atoms with Gasteiger partial charge in [-0.1, -0.05) is 0 Å². The second-order valence-electron chi connectivity index (χ2n) is 4.19. The molecule has 2 rings (SSSR count). The molecule has 0 spiro atoms. The van der Waals surface area contributed by atoms with Gasteiger partial charge in [-0.25, -0.2) is 5.43 Å². The minimum atomic E-state index is -0.181. The van der Waals surface area contributed by atoms with E-state index in [9.17, 15) is 0 Å². The summed E-state index contributed by atoms with van der Waals surface area (Å²) in [7, 11) is 0. The van der Waals surface area contributed by atoms with Gasteiger partial charge in [0.15, 0.2) is 0 Å². The molecule has 96 valence electrons. The molecule has 6 nitrogen and oxygen atoms in total. The van der Waals surface area contributed by atoms with Gasteiger partial charge in [0.25, 0.3) is 0 Å². The summed E-state index contributed by atoms with van der Waals surface area (Å²) < 4.78 is 2.84. The van der Waals surface area contributed by atoms with Gasteiger partial charge in [0, 0.05) is 12.2 Å². The average Bonchev–Trinajstić information content (AvgIpc) is 2.74. The van der Waals surface area contributed by atoms with Gasteiger partial charge >= 0.3 is 0 Å². The first-order valence-corrected chi connectivity index (χ1v) is 6.40. The molecule has 7 heteroatoms. The molecule has 2 aromatic rings. The van der Waals surface area contributed by atoms with E-state index in [4.69, 9.17) is 5.84 Å². The molecule has 0 fully saturated rings. The molecule has 0 saturated carbocycles. The van der Waals surface area contributed by atoms with Gasteiger partial charge in [-0.15, -0.1) is 0 Å². The molecule has 3 N–H and O–H groups in total. The SMILES string of the molecule is CC(C)n1ncc(Br)c1C(NN)c1ccnnc1. The average molecular weight is 311 g/mol. The van der Waals surface area contributed by atoms with E-state index in [2.05, 4.69) is 50.5 Å². The molecule has 18 heavy (non-hydrogen) atoms. The van der Waals surface area contributed by atoms with Gasteiger partial charge in [0.05, 0.1) is 28.6 Å². The van der Waals surface area contributed by atoms with E-state index >= 15 is 0 Å². The van der Waals surface area contributed by atoms with Gasteiger partial charge in [0.1, 0.15) is 0 Å². The Morgan fingerprint density at radius 2 is 2.11 bits per heavy atom. The normalized spacial score (nSPS) is 12.9. The summed E-state index contributed by atoms with van der Waals surface area (Å²) in [6.45, 7) is 4.14. The summed E-state index contributed by atoms with van der Waals surface area (Å²) in [6.07, 6.45) is 5.10. The first-order chi connectivity index (χ1) is 8.65. The number of rotatable bonds is 4. The van der Waals surface area contributed by atoms with E-state index in [1.54, 1.807) is 18.6 Å². The number of nitrogens with one attached hydrogen (secondary N) is 1. The van der Waals surface area contributed by atoms with Crippen LogP contribution in [-0.2, 0) is 0 Å². The molecule has 1 unspecified atom stereocenters. The number of hydrazine groups is 1. The molecule has 2 aromatic heterocycles. The quantitative estimate of drug-likeness (QED) is 0.661. The molecule has 0 bridgehead atoms. The van der Waals surface area contributed by atoms with E-state index in [0.29, 0.717) is 0 Å². The van der Waals surface area contributed by atoms with E-state index in [1.165, 1.54) is 0 Å². The second kappa shape index (κ2) is 5.55. The number of nitrogens with two attached hydrogens (primary N) is 1. The van der Waals surface area contributed by atoms with E-state index < -0.39 is 0 Å². The predicted molar refractivity (Wildman–Crippen MR) is 71.5 cm³/mol. The highest BCUT2D eigenvalue weighted by Gasteiger charge is 2.22. The lowest BCUT2D eigenvalue weighted by Crippen LogP contribution is -2.31. The number of nitrogens with zero attached hydrogens (tertiary/aromatic N) is 4. The van der Waals surface area contributed by atoms with Crippen molar-refractivity contribution in [2.75, 3.05) is 0 Å². The Morgan fingerprint density at radius 3 is 2.67 bits per heavy atom. The first-order valence-electron chi connectivity index (χ1n) is 5.60. The molecule has 0 aliphatic rings. The van der Waals surface area contributed by atoms with Crippen molar-refractivity contribution in [2.45, 2.75) is 25.9 Å².